The van der Waals surface area contributed by atoms with E-state index in [4.69, 9.17) is 5.26 Å². The molecule has 0 amide bonds. The molecule has 1 heterocycles. The van der Waals surface area contributed by atoms with E-state index in [1.54, 1.807) is 19.1 Å². The molecule has 0 aliphatic carbocycles. The lowest BCUT2D eigenvalue weighted by Gasteiger charge is -2.07. The van der Waals surface area contributed by atoms with Gasteiger partial charge in [0, 0.05) is 10.2 Å². The molecule has 2 aromatic rings. The third kappa shape index (κ3) is 2.81. The second kappa shape index (κ2) is 5.10. The van der Waals surface area contributed by atoms with Crippen LogP contribution in [-0.4, -0.2) is 9.97 Å². The van der Waals surface area contributed by atoms with Crippen molar-refractivity contribution < 1.29 is 4.39 Å². The van der Waals surface area contributed by atoms with Crippen molar-refractivity contribution in [2.24, 2.45) is 0 Å². The van der Waals surface area contributed by atoms with Crippen molar-refractivity contribution in [1.29, 1.82) is 5.26 Å². The van der Waals surface area contributed by atoms with Crippen LogP contribution in [0.1, 0.15) is 11.4 Å². The van der Waals surface area contributed by atoms with Gasteiger partial charge < -0.3 is 5.32 Å². The normalized spacial score (nSPS) is 9.89. The van der Waals surface area contributed by atoms with Gasteiger partial charge in [-0.1, -0.05) is 0 Å². The predicted octanol–water partition coefficient (Wildman–Crippen LogP) is 3.30. The maximum absolute atomic E-state index is 13.1. The van der Waals surface area contributed by atoms with Crippen molar-refractivity contribution >= 4 is 27.6 Å². The first kappa shape index (κ1) is 12.5. The Balaban J connectivity index is 2.37. The number of aryl methyl sites for hydroxylation is 1. The fourth-order valence-corrected chi connectivity index (χ4v) is 1.74. The SMILES string of the molecule is Cc1cc(C#N)nc(Nc2cc(F)ccc2Br)n1. The molecule has 0 fully saturated rings. The summed E-state index contributed by atoms with van der Waals surface area (Å²) in [4.78, 5) is 8.12. The Labute approximate surface area is 112 Å². The van der Waals surface area contributed by atoms with Crippen molar-refractivity contribution in [1.82, 2.24) is 9.97 Å². The molecule has 90 valence electrons. The highest BCUT2D eigenvalue weighted by Gasteiger charge is 2.06. The molecule has 0 radical (unpaired) electrons. The summed E-state index contributed by atoms with van der Waals surface area (Å²) < 4.78 is 13.8. The van der Waals surface area contributed by atoms with Gasteiger partial charge in [0.2, 0.25) is 5.95 Å². The average Bonchev–Trinajstić information content (AvgIpc) is 2.33. The number of rotatable bonds is 2. The molecule has 0 atom stereocenters. The van der Waals surface area contributed by atoms with E-state index in [1.807, 2.05) is 6.07 Å². The highest BCUT2D eigenvalue weighted by molar-refractivity contribution is 9.10. The van der Waals surface area contributed by atoms with E-state index in [-0.39, 0.29) is 17.5 Å². The van der Waals surface area contributed by atoms with Crippen molar-refractivity contribution in [2.45, 2.75) is 6.92 Å². The van der Waals surface area contributed by atoms with Crippen LogP contribution in [0.25, 0.3) is 0 Å². The summed E-state index contributed by atoms with van der Waals surface area (Å²) in [6.45, 7) is 1.76. The number of nitriles is 1. The fraction of sp³-hybridized carbons (Fsp3) is 0.0833. The summed E-state index contributed by atoms with van der Waals surface area (Å²) in [6, 6.07) is 7.76. The Morgan fingerprint density at radius 1 is 1.33 bits per heavy atom. The van der Waals surface area contributed by atoms with Crippen LogP contribution in [0.2, 0.25) is 0 Å². The fourth-order valence-electron chi connectivity index (χ4n) is 1.40. The monoisotopic (exact) mass is 306 g/mol. The van der Waals surface area contributed by atoms with Crippen LogP contribution in [0.4, 0.5) is 16.0 Å². The molecule has 18 heavy (non-hydrogen) atoms. The zero-order chi connectivity index (χ0) is 13.1. The van der Waals surface area contributed by atoms with Gasteiger partial charge in [0.25, 0.3) is 0 Å². The summed E-state index contributed by atoms with van der Waals surface area (Å²) >= 11 is 3.29. The minimum Gasteiger partial charge on any atom is -0.323 e. The summed E-state index contributed by atoms with van der Waals surface area (Å²) in [6.07, 6.45) is 0. The number of hydrogen-bond acceptors (Lipinski definition) is 4. The van der Waals surface area contributed by atoms with Gasteiger partial charge in [-0.25, -0.2) is 14.4 Å². The van der Waals surface area contributed by atoms with E-state index < -0.39 is 0 Å². The van der Waals surface area contributed by atoms with Gasteiger partial charge in [0.1, 0.15) is 17.6 Å². The Bertz CT molecular complexity index is 636. The quantitative estimate of drug-likeness (QED) is 0.924. The maximum atomic E-state index is 13.1. The second-order valence-corrected chi connectivity index (χ2v) is 4.43. The van der Waals surface area contributed by atoms with Gasteiger partial charge in [-0.2, -0.15) is 5.26 Å². The van der Waals surface area contributed by atoms with Gasteiger partial charge in [-0.05, 0) is 47.1 Å². The Hall–Kier alpha value is -2.00. The van der Waals surface area contributed by atoms with Crippen LogP contribution in [0.15, 0.2) is 28.7 Å². The van der Waals surface area contributed by atoms with E-state index in [0.29, 0.717) is 15.9 Å². The van der Waals surface area contributed by atoms with E-state index >= 15 is 0 Å². The summed E-state index contributed by atoms with van der Waals surface area (Å²) in [5.41, 5.74) is 1.43. The summed E-state index contributed by atoms with van der Waals surface area (Å²) in [7, 11) is 0. The predicted molar refractivity (Wildman–Crippen MR) is 68.9 cm³/mol. The standard InChI is InChI=1S/C12H8BrFN4/c1-7-4-9(6-15)17-12(16-7)18-11-5-8(14)2-3-10(11)13/h2-5H,1H3,(H,16,17,18). The van der Waals surface area contributed by atoms with Gasteiger partial charge in [-0.3, -0.25) is 0 Å². The molecule has 1 aromatic heterocycles. The van der Waals surface area contributed by atoms with Crippen molar-refractivity contribution in [3.63, 3.8) is 0 Å². The van der Waals surface area contributed by atoms with E-state index in [2.05, 4.69) is 31.2 Å². The van der Waals surface area contributed by atoms with Gasteiger partial charge >= 0.3 is 0 Å². The van der Waals surface area contributed by atoms with Crippen LogP contribution in [-0.2, 0) is 0 Å². The Morgan fingerprint density at radius 2 is 2.11 bits per heavy atom. The molecule has 0 spiro atoms. The zero-order valence-electron chi connectivity index (χ0n) is 9.41. The number of benzene rings is 1. The number of nitrogens with one attached hydrogen (secondary N) is 1. The van der Waals surface area contributed by atoms with Crippen molar-refractivity contribution in [3.8, 4) is 6.07 Å². The van der Waals surface area contributed by atoms with Crippen molar-refractivity contribution in [3.05, 3.63) is 45.9 Å². The first-order chi connectivity index (χ1) is 8.58. The van der Waals surface area contributed by atoms with Crippen LogP contribution in [0.5, 0.6) is 0 Å². The molecule has 0 aliphatic rings. The molecule has 4 nitrogen and oxygen atoms in total. The lowest BCUT2D eigenvalue weighted by Crippen LogP contribution is -2.01. The van der Waals surface area contributed by atoms with Gasteiger partial charge in [0.15, 0.2) is 0 Å². The molecular weight excluding hydrogens is 299 g/mol. The molecule has 0 saturated heterocycles. The van der Waals surface area contributed by atoms with Crippen LogP contribution in [0, 0.1) is 24.1 Å². The summed E-state index contributed by atoms with van der Waals surface area (Å²) in [5.74, 6) is -0.105. The highest BCUT2D eigenvalue weighted by Crippen LogP contribution is 2.25. The molecule has 0 bridgehead atoms. The zero-order valence-corrected chi connectivity index (χ0v) is 11.0. The molecule has 6 heteroatoms. The largest absolute Gasteiger partial charge is 0.323 e. The highest BCUT2D eigenvalue weighted by atomic mass is 79.9. The smallest absolute Gasteiger partial charge is 0.228 e. The number of nitrogens with zero attached hydrogens (tertiary/aromatic N) is 3. The van der Waals surface area contributed by atoms with Gasteiger partial charge in [0.05, 0.1) is 5.69 Å². The lowest BCUT2D eigenvalue weighted by atomic mass is 10.3. The van der Waals surface area contributed by atoms with Gasteiger partial charge in [-0.15, -0.1) is 0 Å². The average molecular weight is 307 g/mol. The number of halogens is 2. The topological polar surface area (TPSA) is 61.6 Å². The first-order valence-electron chi connectivity index (χ1n) is 5.06. The minimum atomic E-state index is -0.367. The minimum absolute atomic E-state index is 0.262. The molecule has 1 N–H and O–H groups in total. The number of hydrogen-bond donors (Lipinski definition) is 1. The van der Waals surface area contributed by atoms with Crippen molar-refractivity contribution in [2.75, 3.05) is 5.32 Å². The number of anilines is 2. The van der Waals surface area contributed by atoms with Crippen LogP contribution in [0.3, 0.4) is 0 Å². The molecular formula is C12H8BrFN4. The molecule has 0 saturated carbocycles. The molecule has 1 aromatic carbocycles. The summed E-state index contributed by atoms with van der Waals surface area (Å²) in [5, 5.41) is 11.7. The van der Waals surface area contributed by atoms with Crippen LogP contribution < -0.4 is 5.32 Å². The van der Waals surface area contributed by atoms with E-state index in [9.17, 15) is 4.39 Å². The first-order valence-corrected chi connectivity index (χ1v) is 5.85. The third-order valence-electron chi connectivity index (χ3n) is 2.14. The molecule has 0 unspecified atom stereocenters. The van der Waals surface area contributed by atoms with E-state index in [1.165, 1.54) is 12.1 Å². The lowest BCUT2D eigenvalue weighted by molar-refractivity contribution is 0.628. The van der Waals surface area contributed by atoms with Crippen LogP contribution >= 0.6 is 15.9 Å². The Morgan fingerprint density at radius 3 is 2.83 bits per heavy atom. The molecule has 0 aliphatic heterocycles. The third-order valence-corrected chi connectivity index (χ3v) is 2.84. The Kier molecular flexibility index (Phi) is 3.53. The maximum Gasteiger partial charge on any atom is 0.228 e. The second-order valence-electron chi connectivity index (χ2n) is 3.58. The molecule has 2 rings (SSSR count). The number of aromatic nitrogens is 2. The van der Waals surface area contributed by atoms with E-state index in [0.717, 1.165) is 0 Å².